The SMILES string of the molecule is CN([C@@H]1CCCC[C@@H]1O)S(=O)(=O)c1ccc2c(c1)OCCO2. The maximum absolute atomic E-state index is 12.8. The molecule has 0 spiro atoms. The van der Waals surface area contributed by atoms with E-state index in [0.29, 0.717) is 37.6 Å². The first-order valence-corrected chi connectivity index (χ1v) is 9.00. The van der Waals surface area contributed by atoms with Gasteiger partial charge >= 0.3 is 0 Å². The molecule has 1 heterocycles. The lowest BCUT2D eigenvalue weighted by atomic mass is 9.93. The highest BCUT2D eigenvalue weighted by Gasteiger charge is 2.34. The topological polar surface area (TPSA) is 76.1 Å². The smallest absolute Gasteiger partial charge is 0.243 e. The van der Waals surface area contributed by atoms with Crippen LogP contribution in [-0.4, -0.2) is 50.2 Å². The summed E-state index contributed by atoms with van der Waals surface area (Å²) in [5.41, 5.74) is 0. The standard InChI is InChI=1S/C15H21NO5S/c1-16(12-4-2-3-5-13(12)17)22(18,19)11-6-7-14-15(10-11)21-9-8-20-14/h6-7,10,12-13,17H,2-5,8-9H2,1H3/t12-,13+/m1/s1. The van der Waals surface area contributed by atoms with Crippen molar-refractivity contribution < 1.29 is 23.0 Å². The highest BCUT2D eigenvalue weighted by Crippen LogP contribution is 2.34. The fourth-order valence-electron chi connectivity index (χ4n) is 3.04. The number of hydrogen-bond acceptors (Lipinski definition) is 5. The van der Waals surface area contributed by atoms with Crippen molar-refractivity contribution in [2.75, 3.05) is 20.3 Å². The van der Waals surface area contributed by atoms with Crippen LogP contribution in [0.15, 0.2) is 23.1 Å². The van der Waals surface area contributed by atoms with E-state index in [1.165, 1.54) is 23.5 Å². The fourth-order valence-corrected chi connectivity index (χ4v) is 4.48. The molecule has 0 saturated heterocycles. The van der Waals surface area contributed by atoms with Crippen LogP contribution in [-0.2, 0) is 10.0 Å². The zero-order chi connectivity index (χ0) is 15.7. The average Bonchev–Trinajstić information content (AvgIpc) is 2.54. The maximum atomic E-state index is 12.8. The minimum atomic E-state index is -3.67. The number of rotatable bonds is 3. The van der Waals surface area contributed by atoms with Crippen LogP contribution < -0.4 is 9.47 Å². The van der Waals surface area contributed by atoms with E-state index in [0.717, 1.165) is 12.8 Å². The van der Waals surface area contributed by atoms with Crippen LogP contribution in [0.2, 0.25) is 0 Å². The normalized spacial score (nSPS) is 25.2. The van der Waals surface area contributed by atoms with Gasteiger partial charge in [0.25, 0.3) is 0 Å². The van der Waals surface area contributed by atoms with Crippen molar-refractivity contribution >= 4 is 10.0 Å². The minimum absolute atomic E-state index is 0.164. The van der Waals surface area contributed by atoms with Gasteiger partial charge in [0, 0.05) is 13.1 Å². The van der Waals surface area contributed by atoms with Crippen LogP contribution in [0, 0.1) is 0 Å². The second-order valence-corrected chi connectivity index (χ2v) is 7.74. The summed E-state index contributed by atoms with van der Waals surface area (Å²) in [7, 11) is -2.13. The van der Waals surface area contributed by atoms with Crippen molar-refractivity contribution in [2.45, 2.75) is 42.7 Å². The molecule has 122 valence electrons. The molecule has 1 N–H and O–H groups in total. The Labute approximate surface area is 130 Å². The van der Waals surface area contributed by atoms with Crippen LogP contribution in [0.25, 0.3) is 0 Å². The van der Waals surface area contributed by atoms with E-state index < -0.39 is 16.1 Å². The van der Waals surface area contributed by atoms with Gasteiger partial charge in [0.15, 0.2) is 11.5 Å². The van der Waals surface area contributed by atoms with Crippen molar-refractivity contribution in [3.05, 3.63) is 18.2 Å². The molecule has 0 bridgehead atoms. The number of sulfonamides is 1. The lowest BCUT2D eigenvalue weighted by molar-refractivity contribution is 0.0638. The van der Waals surface area contributed by atoms with Crippen molar-refractivity contribution in [1.29, 1.82) is 0 Å². The molecule has 22 heavy (non-hydrogen) atoms. The molecule has 1 fully saturated rings. The molecule has 0 radical (unpaired) electrons. The Bertz CT molecular complexity index is 645. The molecular formula is C15H21NO5S. The number of nitrogens with zero attached hydrogens (tertiary/aromatic N) is 1. The van der Waals surface area contributed by atoms with Gasteiger partial charge in [-0.25, -0.2) is 8.42 Å². The second-order valence-electron chi connectivity index (χ2n) is 5.75. The third kappa shape index (κ3) is 2.80. The number of fused-ring (bicyclic) bond motifs is 1. The Hall–Kier alpha value is -1.31. The summed E-state index contributed by atoms with van der Waals surface area (Å²) in [6.45, 7) is 0.876. The molecule has 2 aliphatic rings. The van der Waals surface area contributed by atoms with Crippen LogP contribution in [0.4, 0.5) is 0 Å². The van der Waals surface area contributed by atoms with Gasteiger partial charge < -0.3 is 14.6 Å². The molecule has 1 aromatic rings. The van der Waals surface area contributed by atoms with Crippen molar-refractivity contribution in [3.63, 3.8) is 0 Å². The first-order chi connectivity index (χ1) is 10.5. The first-order valence-electron chi connectivity index (χ1n) is 7.56. The van der Waals surface area contributed by atoms with Gasteiger partial charge in [-0.05, 0) is 25.0 Å². The summed E-state index contributed by atoms with van der Waals surface area (Å²) in [4.78, 5) is 0.164. The Morgan fingerprint density at radius 3 is 2.55 bits per heavy atom. The number of hydrogen-bond donors (Lipinski definition) is 1. The summed E-state index contributed by atoms with van der Waals surface area (Å²) < 4.78 is 37.7. The predicted molar refractivity (Wildman–Crippen MR) is 80.6 cm³/mol. The van der Waals surface area contributed by atoms with Crippen LogP contribution >= 0.6 is 0 Å². The molecule has 0 aromatic heterocycles. The van der Waals surface area contributed by atoms with E-state index in [9.17, 15) is 13.5 Å². The lowest BCUT2D eigenvalue weighted by Gasteiger charge is -2.34. The molecule has 1 aliphatic carbocycles. The van der Waals surface area contributed by atoms with Gasteiger partial charge in [0.2, 0.25) is 10.0 Å². The number of benzene rings is 1. The van der Waals surface area contributed by atoms with E-state index in [1.807, 2.05) is 0 Å². The van der Waals surface area contributed by atoms with Crippen molar-refractivity contribution in [3.8, 4) is 11.5 Å². The fraction of sp³-hybridized carbons (Fsp3) is 0.600. The van der Waals surface area contributed by atoms with Gasteiger partial charge in [-0.1, -0.05) is 12.8 Å². The predicted octanol–water partition coefficient (Wildman–Crippen LogP) is 1.38. The number of ether oxygens (including phenoxy) is 2. The molecule has 1 aliphatic heterocycles. The lowest BCUT2D eigenvalue weighted by Crippen LogP contribution is -2.46. The average molecular weight is 327 g/mol. The highest BCUT2D eigenvalue weighted by atomic mass is 32.2. The number of likely N-dealkylation sites (N-methyl/N-ethyl adjacent to an activating group) is 1. The van der Waals surface area contributed by atoms with E-state index >= 15 is 0 Å². The molecule has 3 rings (SSSR count). The van der Waals surface area contributed by atoms with Gasteiger partial charge in [-0.15, -0.1) is 0 Å². The van der Waals surface area contributed by atoms with Crippen LogP contribution in [0.1, 0.15) is 25.7 Å². The highest BCUT2D eigenvalue weighted by molar-refractivity contribution is 7.89. The van der Waals surface area contributed by atoms with Crippen LogP contribution in [0.5, 0.6) is 11.5 Å². The zero-order valence-corrected chi connectivity index (χ0v) is 13.4. The molecule has 1 saturated carbocycles. The summed E-state index contributed by atoms with van der Waals surface area (Å²) in [5, 5.41) is 10.1. The monoisotopic (exact) mass is 327 g/mol. The van der Waals surface area contributed by atoms with Gasteiger partial charge in [-0.3, -0.25) is 0 Å². The molecule has 1 aromatic carbocycles. The Morgan fingerprint density at radius 1 is 1.14 bits per heavy atom. The quantitative estimate of drug-likeness (QED) is 0.908. The Balaban J connectivity index is 1.88. The summed E-state index contributed by atoms with van der Waals surface area (Å²) in [5.74, 6) is 1.01. The summed E-state index contributed by atoms with van der Waals surface area (Å²) >= 11 is 0. The van der Waals surface area contributed by atoms with E-state index in [1.54, 1.807) is 6.07 Å². The molecular weight excluding hydrogens is 306 g/mol. The molecule has 2 atom stereocenters. The minimum Gasteiger partial charge on any atom is -0.486 e. The Morgan fingerprint density at radius 2 is 1.82 bits per heavy atom. The third-order valence-corrected chi connectivity index (χ3v) is 6.23. The Kier molecular flexibility index (Phi) is 4.29. The van der Waals surface area contributed by atoms with Crippen LogP contribution in [0.3, 0.4) is 0 Å². The summed E-state index contributed by atoms with van der Waals surface area (Å²) in [6.07, 6.45) is 2.59. The molecule has 7 heteroatoms. The van der Waals surface area contributed by atoms with Crippen molar-refractivity contribution in [1.82, 2.24) is 4.31 Å². The van der Waals surface area contributed by atoms with E-state index in [-0.39, 0.29) is 10.9 Å². The molecule has 6 nitrogen and oxygen atoms in total. The van der Waals surface area contributed by atoms with Gasteiger partial charge in [0.1, 0.15) is 13.2 Å². The second kappa shape index (κ2) is 6.06. The van der Waals surface area contributed by atoms with Gasteiger partial charge in [0.05, 0.1) is 17.0 Å². The number of aliphatic hydroxyl groups excluding tert-OH is 1. The zero-order valence-electron chi connectivity index (χ0n) is 12.6. The number of aliphatic hydroxyl groups is 1. The van der Waals surface area contributed by atoms with E-state index in [2.05, 4.69) is 0 Å². The third-order valence-electron chi connectivity index (χ3n) is 4.35. The largest absolute Gasteiger partial charge is 0.486 e. The summed E-state index contributed by atoms with van der Waals surface area (Å²) in [6, 6.07) is 4.27. The van der Waals surface area contributed by atoms with Gasteiger partial charge in [-0.2, -0.15) is 4.31 Å². The molecule has 0 amide bonds. The first kappa shape index (κ1) is 15.6. The molecule has 0 unspecified atom stereocenters. The van der Waals surface area contributed by atoms with Crippen molar-refractivity contribution in [2.24, 2.45) is 0 Å². The van der Waals surface area contributed by atoms with E-state index in [4.69, 9.17) is 9.47 Å². The maximum Gasteiger partial charge on any atom is 0.243 e.